The number of fused-ring (bicyclic) bond motifs is 2. The molecule has 0 unspecified atom stereocenters. The Morgan fingerprint density at radius 1 is 0.950 bits per heavy atom. The van der Waals surface area contributed by atoms with Crippen LogP contribution in [0.3, 0.4) is 0 Å². The van der Waals surface area contributed by atoms with E-state index in [0.717, 1.165) is 42.3 Å². The number of alkyl halides is 1. The van der Waals surface area contributed by atoms with Crippen LogP contribution in [0.4, 0.5) is 11.4 Å². The van der Waals surface area contributed by atoms with Crippen LogP contribution in [0.1, 0.15) is 12.8 Å². The van der Waals surface area contributed by atoms with Crippen molar-refractivity contribution in [3.63, 3.8) is 0 Å². The van der Waals surface area contributed by atoms with Gasteiger partial charge in [-0.1, -0.05) is 23.7 Å². The number of unbranched alkanes of at least 4 members (excludes halogenated alkanes) is 1. The van der Waals surface area contributed by atoms with E-state index in [4.69, 9.17) is 27.9 Å². The maximum Gasteiger partial charge on any atom is 0.151 e. The van der Waals surface area contributed by atoms with Crippen molar-refractivity contribution >= 4 is 34.6 Å². The van der Waals surface area contributed by atoms with E-state index in [0.29, 0.717) is 10.9 Å². The van der Waals surface area contributed by atoms with Crippen LogP contribution in [0, 0.1) is 0 Å². The van der Waals surface area contributed by atoms with Crippen LogP contribution in [0.25, 0.3) is 0 Å². The zero-order valence-corrected chi connectivity index (χ0v) is 12.5. The first-order chi connectivity index (χ1) is 9.79. The lowest BCUT2D eigenvalue weighted by molar-refractivity contribution is 0.472. The summed E-state index contributed by atoms with van der Waals surface area (Å²) in [6, 6.07) is 13.8. The summed E-state index contributed by atoms with van der Waals surface area (Å²) in [6.07, 6.45) is 2.03. The van der Waals surface area contributed by atoms with Crippen molar-refractivity contribution in [3.8, 4) is 11.5 Å². The minimum absolute atomic E-state index is 0.689. The Labute approximate surface area is 128 Å². The first kappa shape index (κ1) is 13.6. The number of hydrogen-bond acceptors (Lipinski definition) is 2. The Balaban J connectivity index is 1.99. The molecule has 0 spiro atoms. The highest BCUT2D eigenvalue weighted by atomic mass is 35.5. The monoisotopic (exact) mass is 307 g/mol. The van der Waals surface area contributed by atoms with Gasteiger partial charge in [-0.05, 0) is 43.2 Å². The van der Waals surface area contributed by atoms with Gasteiger partial charge in [-0.15, -0.1) is 11.6 Å². The number of benzene rings is 2. The summed E-state index contributed by atoms with van der Waals surface area (Å²) in [5.74, 6) is 2.42. The molecule has 104 valence electrons. The van der Waals surface area contributed by atoms with Gasteiger partial charge in [0.25, 0.3) is 0 Å². The number of anilines is 2. The molecule has 2 aromatic carbocycles. The van der Waals surface area contributed by atoms with Crippen molar-refractivity contribution in [1.82, 2.24) is 0 Å². The fourth-order valence-corrected chi connectivity index (χ4v) is 2.76. The number of hydrogen-bond donors (Lipinski definition) is 0. The summed E-state index contributed by atoms with van der Waals surface area (Å²) in [6.45, 7) is 0.903. The van der Waals surface area contributed by atoms with Crippen molar-refractivity contribution < 1.29 is 4.74 Å². The van der Waals surface area contributed by atoms with Crippen molar-refractivity contribution in [2.24, 2.45) is 0 Å². The van der Waals surface area contributed by atoms with Crippen LogP contribution < -0.4 is 9.64 Å². The van der Waals surface area contributed by atoms with Gasteiger partial charge in [0.2, 0.25) is 0 Å². The molecular formula is C16H15Cl2NO. The number of ether oxygens (including phenoxy) is 1. The molecule has 0 fully saturated rings. The summed E-state index contributed by atoms with van der Waals surface area (Å²) in [5.41, 5.74) is 2.10. The normalized spacial score (nSPS) is 12.6. The standard InChI is InChI=1S/C16H15Cl2NO/c17-9-3-4-10-19-13-5-1-2-6-15(13)20-16-8-7-12(18)11-14(16)19/h1-2,5-8,11H,3-4,9-10H2. The maximum absolute atomic E-state index is 6.13. The average molecular weight is 308 g/mol. The van der Waals surface area contributed by atoms with Gasteiger partial charge in [0.05, 0.1) is 11.4 Å². The van der Waals surface area contributed by atoms with Gasteiger partial charge >= 0.3 is 0 Å². The second-order valence-electron chi connectivity index (χ2n) is 4.73. The Morgan fingerprint density at radius 3 is 2.60 bits per heavy atom. The Morgan fingerprint density at radius 2 is 1.75 bits per heavy atom. The van der Waals surface area contributed by atoms with E-state index < -0.39 is 0 Å². The number of halogens is 2. The average Bonchev–Trinajstić information content (AvgIpc) is 2.47. The Bertz CT molecular complexity index is 615. The topological polar surface area (TPSA) is 12.5 Å². The first-order valence-corrected chi connectivity index (χ1v) is 7.61. The van der Waals surface area contributed by atoms with Gasteiger partial charge in [-0.3, -0.25) is 0 Å². The highest BCUT2D eigenvalue weighted by Gasteiger charge is 2.23. The highest BCUT2D eigenvalue weighted by molar-refractivity contribution is 6.31. The van der Waals surface area contributed by atoms with Crippen molar-refractivity contribution in [2.75, 3.05) is 17.3 Å². The third kappa shape index (κ3) is 2.58. The number of rotatable bonds is 4. The first-order valence-electron chi connectivity index (χ1n) is 6.69. The molecule has 1 aliphatic rings. The second-order valence-corrected chi connectivity index (χ2v) is 5.54. The van der Waals surface area contributed by atoms with Crippen molar-refractivity contribution in [1.29, 1.82) is 0 Å². The van der Waals surface area contributed by atoms with E-state index in [1.54, 1.807) is 0 Å². The molecule has 0 bridgehead atoms. The lowest BCUT2D eigenvalue weighted by atomic mass is 10.1. The van der Waals surface area contributed by atoms with Crippen LogP contribution in [0.2, 0.25) is 5.02 Å². The molecule has 1 heterocycles. The van der Waals surface area contributed by atoms with E-state index >= 15 is 0 Å². The van der Waals surface area contributed by atoms with Crippen molar-refractivity contribution in [3.05, 3.63) is 47.5 Å². The minimum Gasteiger partial charge on any atom is -0.453 e. The van der Waals surface area contributed by atoms with Gasteiger partial charge in [-0.25, -0.2) is 0 Å². The molecule has 0 aromatic heterocycles. The quantitative estimate of drug-likeness (QED) is 0.538. The lowest BCUT2D eigenvalue weighted by Gasteiger charge is -2.32. The minimum atomic E-state index is 0.689. The third-order valence-electron chi connectivity index (χ3n) is 3.35. The van der Waals surface area contributed by atoms with Crippen LogP contribution in [-0.4, -0.2) is 12.4 Å². The zero-order valence-electron chi connectivity index (χ0n) is 11.0. The summed E-state index contributed by atoms with van der Waals surface area (Å²) in [5, 5.41) is 0.717. The van der Waals surface area contributed by atoms with Gasteiger partial charge in [0, 0.05) is 17.4 Å². The molecule has 20 heavy (non-hydrogen) atoms. The molecule has 4 heteroatoms. The lowest BCUT2D eigenvalue weighted by Crippen LogP contribution is -2.22. The third-order valence-corrected chi connectivity index (χ3v) is 3.86. The Hall–Kier alpha value is -1.38. The predicted molar refractivity (Wildman–Crippen MR) is 84.9 cm³/mol. The molecule has 0 atom stereocenters. The predicted octanol–water partition coefficient (Wildman–Crippen LogP) is 5.60. The van der Waals surface area contributed by atoms with Gasteiger partial charge in [-0.2, -0.15) is 0 Å². The SMILES string of the molecule is ClCCCCN1c2ccccc2Oc2ccc(Cl)cc21. The van der Waals surface area contributed by atoms with E-state index in [1.807, 2.05) is 36.4 Å². The van der Waals surface area contributed by atoms with E-state index in [1.165, 1.54) is 0 Å². The summed E-state index contributed by atoms with van der Waals surface area (Å²) < 4.78 is 5.94. The molecular weight excluding hydrogens is 293 g/mol. The largest absolute Gasteiger partial charge is 0.453 e. The summed E-state index contributed by atoms with van der Waals surface area (Å²) >= 11 is 11.9. The van der Waals surface area contributed by atoms with Crippen molar-refractivity contribution in [2.45, 2.75) is 12.8 Å². The molecule has 2 nitrogen and oxygen atoms in total. The van der Waals surface area contributed by atoms with E-state index in [2.05, 4.69) is 11.0 Å². The van der Waals surface area contributed by atoms with E-state index in [9.17, 15) is 0 Å². The molecule has 0 amide bonds. The summed E-state index contributed by atoms with van der Waals surface area (Å²) in [7, 11) is 0. The molecule has 0 aliphatic carbocycles. The summed E-state index contributed by atoms with van der Waals surface area (Å²) in [4.78, 5) is 2.26. The van der Waals surface area contributed by atoms with Gasteiger partial charge in [0.15, 0.2) is 11.5 Å². The fourth-order valence-electron chi connectivity index (χ4n) is 2.41. The molecule has 0 saturated heterocycles. The zero-order chi connectivity index (χ0) is 13.9. The van der Waals surface area contributed by atoms with Gasteiger partial charge < -0.3 is 9.64 Å². The smallest absolute Gasteiger partial charge is 0.151 e. The Kier molecular flexibility index (Phi) is 4.04. The molecule has 2 aromatic rings. The fraction of sp³-hybridized carbons (Fsp3) is 0.250. The molecule has 0 saturated carbocycles. The van der Waals surface area contributed by atoms with Crippen LogP contribution in [-0.2, 0) is 0 Å². The highest BCUT2D eigenvalue weighted by Crippen LogP contribution is 2.47. The molecule has 1 aliphatic heterocycles. The van der Waals surface area contributed by atoms with E-state index in [-0.39, 0.29) is 0 Å². The van der Waals surface area contributed by atoms with Gasteiger partial charge in [0.1, 0.15) is 0 Å². The second kappa shape index (κ2) is 5.94. The number of para-hydroxylation sites is 2. The van der Waals surface area contributed by atoms with Crippen LogP contribution in [0.5, 0.6) is 11.5 Å². The van der Waals surface area contributed by atoms with Crippen LogP contribution in [0.15, 0.2) is 42.5 Å². The molecule has 3 rings (SSSR count). The van der Waals surface area contributed by atoms with Crippen LogP contribution >= 0.6 is 23.2 Å². The maximum atomic E-state index is 6.13. The molecule has 0 N–H and O–H groups in total. The molecule has 0 radical (unpaired) electrons. The number of nitrogens with zero attached hydrogens (tertiary/aromatic N) is 1.